The number of hydrogen-bond acceptors (Lipinski definition) is 5. The fourth-order valence-electron chi connectivity index (χ4n) is 3.33. The molecule has 140 valence electrons. The lowest BCUT2D eigenvalue weighted by Gasteiger charge is -2.10. The number of carbonyl (C=O) groups is 1. The first-order valence-corrected chi connectivity index (χ1v) is 10.1. The van der Waals surface area contributed by atoms with E-state index >= 15 is 0 Å². The number of nitrogens with one attached hydrogen (secondary N) is 2. The maximum absolute atomic E-state index is 12.2. The van der Waals surface area contributed by atoms with Gasteiger partial charge < -0.3 is 10.1 Å². The summed E-state index contributed by atoms with van der Waals surface area (Å²) in [6.07, 6.45) is 7.53. The molecule has 1 aliphatic carbocycles. The molecular formula is C19H26N4O2S. The number of thioether (sulfide) groups is 1. The molecule has 1 aromatic heterocycles. The van der Waals surface area contributed by atoms with Gasteiger partial charge in [-0.3, -0.25) is 9.89 Å². The predicted octanol–water partition coefficient (Wildman–Crippen LogP) is 3.98. The molecule has 1 aliphatic rings. The summed E-state index contributed by atoms with van der Waals surface area (Å²) in [5.41, 5.74) is 1.75. The van der Waals surface area contributed by atoms with Gasteiger partial charge in [0.2, 0.25) is 11.1 Å². The molecule has 0 radical (unpaired) electrons. The number of anilines is 1. The van der Waals surface area contributed by atoms with Crippen LogP contribution in [0.4, 0.5) is 5.69 Å². The maximum atomic E-state index is 12.2. The topological polar surface area (TPSA) is 79.9 Å². The van der Waals surface area contributed by atoms with Crippen LogP contribution in [-0.4, -0.2) is 34.0 Å². The Morgan fingerprint density at radius 2 is 2.19 bits per heavy atom. The molecule has 7 heteroatoms. The van der Waals surface area contributed by atoms with E-state index in [1.165, 1.54) is 43.9 Å². The van der Waals surface area contributed by atoms with Crippen molar-refractivity contribution in [2.45, 2.75) is 50.6 Å². The Hall–Kier alpha value is -2.02. The van der Waals surface area contributed by atoms with Crippen molar-refractivity contribution >= 4 is 23.4 Å². The number of ether oxygens (including phenoxy) is 1. The van der Waals surface area contributed by atoms with Crippen LogP contribution in [0.15, 0.2) is 23.4 Å². The van der Waals surface area contributed by atoms with Crippen LogP contribution in [0.1, 0.15) is 43.5 Å². The molecule has 1 aromatic carbocycles. The molecular weight excluding hydrogens is 348 g/mol. The van der Waals surface area contributed by atoms with E-state index in [-0.39, 0.29) is 11.7 Å². The Balaban J connectivity index is 1.46. The van der Waals surface area contributed by atoms with Crippen LogP contribution < -0.4 is 10.1 Å². The van der Waals surface area contributed by atoms with Gasteiger partial charge >= 0.3 is 0 Å². The Kier molecular flexibility index (Phi) is 6.55. The van der Waals surface area contributed by atoms with Gasteiger partial charge in [-0.05, 0) is 37.0 Å². The number of aryl methyl sites for hydroxylation is 2. The van der Waals surface area contributed by atoms with E-state index in [1.54, 1.807) is 7.11 Å². The van der Waals surface area contributed by atoms with Gasteiger partial charge in [-0.25, -0.2) is 4.98 Å². The number of benzene rings is 1. The number of amides is 1. The number of hydrogen-bond donors (Lipinski definition) is 2. The lowest BCUT2D eigenvalue weighted by Crippen LogP contribution is -2.15. The molecule has 0 saturated heterocycles. The molecule has 0 spiro atoms. The van der Waals surface area contributed by atoms with Gasteiger partial charge in [-0.15, -0.1) is 5.10 Å². The van der Waals surface area contributed by atoms with Gasteiger partial charge in [0.25, 0.3) is 0 Å². The molecule has 0 unspecified atom stereocenters. The van der Waals surface area contributed by atoms with Gasteiger partial charge in [-0.1, -0.05) is 43.5 Å². The summed E-state index contributed by atoms with van der Waals surface area (Å²) in [4.78, 5) is 16.7. The predicted molar refractivity (Wildman–Crippen MR) is 104 cm³/mol. The van der Waals surface area contributed by atoms with Crippen molar-refractivity contribution in [2.24, 2.45) is 5.92 Å². The molecule has 1 amide bonds. The van der Waals surface area contributed by atoms with Crippen molar-refractivity contribution in [3.8, 4) is 5.75 Å². The highest BCUT2D eigenvalue weighted by atomic mass is 32.2. The lowest BCUT2D eigenvalue weighted by atomic mass is 10.0. The summed E-state index contributed by atoms with van der Waals surface area (Å²) in [5, 5.41) is 10.7. The number of rotatable bonds is 8. The first-order chi connectivity index (χ1) is 12.6. The van der Waals surface area contributed by atoms with Crippen molar-refractivity contribution in [3.63, 3.8) is 0 Å². The molecule has 1 fully saturated rings. The first kappa shape index (κ1) is 18.8. The molecule has 0 atom stereocenters. The molecule has 0 bridgehead atoms. The summed E-state index contributed by atoms with van der Waals surface area (Å²) in [5.74, 6) is 2.57. The van der Waals surface area contributed by atoms with Crippen LogP contribution in [0.5, 0.6) is 5.75 Å². The van der Waals surface area contributed by atoms with Crippen molar-refractivity contribution in [1.29, 1.82) is 0 Å². The average molecular weight is 375 g/mol. The van der Waals surface area contributed by atoms with Crippen molar-refractivity contribution in [2.75, 3.05) is 18.2 Å². The van der Waals surface area contributed by atoms with E-state index in [9.17, 15) is 4.79 Å². The molecule has 3 rings (SSSR count). The number of aromatic nitrogens is 3. The highest BCUT2D eigenvalue weighted by Gasteiger charge is 2.16. The fraction of sp³-hybridized carbons (Fsp3) is 0.526. The van der Waals surface area contributed by atoms with Crippen molar-refractivity contribution < 1.29 is 9.53 Å². The van der Waals surface area contributed by atoms with E-state index < -0.39 is 0 Å². The van der Waals surface area contributed by atoms with Gasteiger partial charge in [0.15, 0.2) is 0 Å². The largest absolute Gasteiger partial charge is 0.495 e. The lowest BCUT2D eigenvalue weighted by molar-refractivity contribution is -0.113. The molecule has 2 aromatic rings. The minimum atomic E-state index is -0.101. The Morgan fingerprint density at radius 1 is 1.38 bits per heavy atom. The third kappa shape index (κ3) is 5.24. The minimum absolute atomic E-state index is 0.101. The molecule has 6 nitrogen and oxygen atoms in total. The standard InChI is InChI=1S/C19H26N4O2S/c1-13-7-9-16(25-2)15(11-13)20-18(24)12-26-19-21-17(22-23-19)10-8-14-5-3-4-6-14/h7,9,11,14H,3-6,8,10,12H2,1-2H3,(H,20,24)(H,21,22,23). The third-order valence-corrected chi connectivity index (χ3v) is 5.58. The Morgan fingerprint density at radius 3 is 2.96 bits per heavy atom. The molecule has 26 heavy (non-hydrogen) atoms. The van der Waals surface area contributed by atoms with Crippen molar-refractivity contribution in [3.05, 3.63) is 29.6 Å². The number of nitrogens with zero attached hydrogens (tertiary/aromatic N) is 2. The van der Waals surface area contributed by atoms with E-state index in [1.807, 2.05) is 25.1 Å². The van der Waals surface area contributed by atoms with E-state index in [4.69, 9.17) is 4.74 Å². The third-order valence-electron chi connectivity index (χ3n) is 4.74. The van der Waals surface area contributed by atoms with Crippen LogP contribution >= 0.6 is 11.8 Å². The van der Waals surface area contributed by atoms with Crippen LogP contribution in [0, 0.1) is 12.8 Å². The van der Waals surface area contributed by atoms with E-state index in [2.05, 4.69) is 20.5 Å². The SMILES string of the molecule is COc1ccc(C)cc1NC(=O)CSc1n[nH]c(CCC2CCCC2)n1. The zero-order valence-corrected chi connectivity index (χ0v) is 16.2. The van der Waals surface area contributed by atoms with Crippen LogP contribution in [-0.2, 0) is 11.2 Å². The highest BCUT2D eigenvalue weighted by Crippen LogP contribution is 2.28. The first-order valence-electron chi connectivity index (χ1n) is 9.12. The summed E-state index contributed by atoms with van der Waals surface area (Å²) in [7, 11) is 1.59. The van der Waals surface area contributed by atoms with Gasteiger partial charge in [0, 0.05) is 6.42 Å². The average Bonchev–Trinajstić information content (AvgIpc) is 3.30. The monoisotopic (exact) mass is 374 g/mol. The summed E-state index contributed by atoms with van der Waals surface area (Å²) >= 11 is 1.34. The summed E-state index contributed by atoms with van der Waals surface area (Å²) < 4.78 is 5.29. The van der Waals surface area contributed by atoms with Gasteiger partial charge in [0.1, 0.15) is 11.6 Å². The summed E-state index contributed by atoms with van der Waals surface area (Å²) in [6, 6.07) is 5.70. The smallest absolute Gasteiger partial charge is 0.234 e. The highest BCUT2D eigenvalue weighted by molar-refractivity contribution is 7.99. The van der Waals surface area contributed by atoms with Crippen LogP contribution in [0.25, 0.3) is 0 Å². The van der Waals surface area contributed by atoms with Crippen LogP contribution in [0.3, 0.4) is 0 Å². The zero-order chi connectivity index (χ0) is 18.4. The second kappa shape index (κ2) is 9.07. The van der Waals surface area contributed by atoms with Gasteiger partial charge in [-0.2, -0.15) is 0 Å². The molecule has 1 heterocycles. The van der Waals surface area contributed by atoms with E-state index in [0.29, 0.717) is 16.6 Å². The fourth-order valence-corrected chi connectivity index (χ4v) is 3.95. The number of carbonyl (C=O) groups excluding carboxylic acids is 1. The number of methoxy groups -OCH3 is 1. The van der Waals surface area contributed by atoms with E-state index in [0.717, 1.165) is 23.7 Å². The normalized spacial score (nSPS) is 14.5. The Bertz CT molecular complexity index is 741. The molecule has 1 saturated carbocycles. The Labute approximate surface area is 158 Å². The number of aromatic amines is 1. The quantitative estimate of drug-likeness (QED) is 0.683. The second-order valence-corrected chi connectivity index (χ2v) is 7.74. The second-order valence-electron chi connectivity index (χ2n) is 6.79. The van der Waals surface area contributed by atoms with Crippen molar-refractivity contribution in [1.82, 2.24) is 15.2 Å². The maximum Gasteiger partial charge on any atom is 0.234 e. The summed E-state index contributed by atoms with van der Waals surface area (Å²) in [6.45, 7) is 1.98. The minimum Gasteiger partial charge on any atom is -0.495 e. The zero-order valence-electron chi connectivity index (χ0n) is 15.4. The van der Waals surface area contributed by atoms with Gasteiger partial charge in [0.05, 0.1) is 18.6 Å². The molecule has 2 N–H and O–H groups in total. The number of H-pyrrole nitrogens is 1. The van der Waals surface area contributed by atoms with Crippen LogP contribution in [0.2, 0.25) is 0 Å². The molecule has 0 aliphatic heterocycles.